The van der Waals surface area contributed by atoms with Crippen LogP contribution in [0.4, 0.5) is 8.78 Å². The van der Waals surface area contributed by atoms with Gasteiger partial charge in [0, 0.05) is 12.1 Å². The summed E-state index contributed by atoms with van der Waals surface area (Å²) in [6.45, 7) is 2.10. The Morgan fingerprint density at radius 2 is 2.00 bits per heavy atom. The molecule has 1 aromatic carbocycles. The standard InChI is InChI=1S/C11H8F2N4O/c1-6-10(16-18-15-6)4-17-5-14-9-2-7(12)8(13)3-11(9)17/h2-3,5H,4H2,1H3. The summed E-state index contributed by atoms with van der Waals surface area (Å²) in [7, 11) is 0. The first-order chi connectivity index (χ1) is 8.65. The second-order valence-electron chi connectivity index (χ2n) is 3.92. The molecule has 0 N–H and O–H groups in total. The lowest BCUT2D eigenvalue weighted by molar-refractivity contribution is 0.300. The molecule has 0 unspecified atom stereocenters. The minimum atomic E-state index is -0.910. The van der Waals surface area contributed by atoms with Gasteiger partial charge in [-0.15, -0.1) is 0 Å². The van der Waals surface area contributed by atoms with Crippen molar-refractivity contribution in [1.29, 1.82) is 0 Å². The molecule has 0 saturated carbocycles. The number of nitrogens with zero attached hydrogens (tertiary/aromatic N) is 4. The van der Waals surface area contributed by atoms with Crippen LogP contribution in [-0.2, 0) is 6.54 Å². The molecule has 0 bridgehead atoms. The molecule has 2 heterocycles. The summed E-state index contributed by atoms with van der Waals surface area (Å²) in [5.41, 5.74) is 2.16. The highest BCUT2D eigenvalue weighted by molar-refractivity contribution is 5.75. The first kappa shape index (κ1) is 10.8. The second kappa shape index (κ2) is 3.86. The molecule has 7 heteroatoms. The molecule has 5 nitrogen and oxygen atoms in total. The van der Waals surface area contributed by atoms with Gasteiger partial charge in [0.15, 0.2) is 11.6 Å². The van der Waals surface area contributed by atoms with Crippen molar-refractivity contribution in [2.45, 2.75) is 13.5 Å². The van der Waals surface area contributed by atoms with Crippen molar-refractivity contribution in [3.8, 4) is 0 Å². The lowest BCUT2D eigenvalue weighted by Gasteiger charge is -2.01. The predicted molar refractivity (Wildman–Crippen MR) is 57.8 cm³/mol. The third-order valence-corrected chi connectivity index (χ3v) is 2.73. The quantitative estimate of drug-likeness (QED) is 0.698. The molecule has 0 fully saturated rings. The Kier molecular flexibility index (Phi) is 2.32. The molecule has 3 rings (SSSR count). The Labute approximate surface area is 100 Å². The Morgan fingerprint density at radius 3 is 2.72 bits per heavy atom. The fourth-order valence-corrected chi connectivity index (χ4v) is 1.73. The lowest BCUT2D eigenvalue weighted by Crippen LogP contribution is -2.00. The maximum absolute atomic E-state index is 13.2. The van der Waals surface area contributed by atoms with E-state index in [4.69, 9.17) is 0 Å². The summed E-state index contributed by atoms with van der Waals surface area (Å²) in [4.78, 5) is 4.01. The summed E-state index contributed by atoms with van der Waals surface area (Å²) in [5.74, 6) is -1.81. The van der Waals surface area contributed by atoms with E-state index in [-0.39, 0.29) is 0 Å². The van der Waals surface area contributed by atoms with Crippen LogP contribution in [0.15, 0.2) is 23.1 Å². The van der Waals surface area contributed by atoms with Gasteiger partial charge in [-0.05, 0) is 6.92 Å². The molecule has 0 amide bonds. The van der Waals surface area contributed by atoms with Gasteiger partial charge in [0.05, 0.1) is 23.9 Å². The van der Waals surface area contributed by atoms with E-state index in [0.717, 1.165) is 12.1 Å². The normalized spacial score (nSPS) is 11.3. The molecule has 0 atom stereocenters. The van der Waals surface area contributed by atoms with E-state index in [1.807, 2.05) is 0 Å². The van der Waals surface area contributed by atoms with Crippen molar-refractivity contribution in [3.63, 3.8) is 0 Å². The van der Waals surface area contributed by atoms with Crippen molar-refractivity contribution in [2.24, 2.45) is 0 Å². The zero-order valence-electron chi connectivity index (χ0n) is 9.39. The second-order valence-corrected chi connectivity index (χ2v) is 3.92. The van der Waals surface area contributed by atoms with Crippen molar-refractivity contribution in [3.05, 3.63) is 41.5 Å². The molecule has 18 heavy (non-hydrogen) atoms. The number of hydrogen-bond acceptors (Lipinski definition) is 4. The largest absolute Gasteiger partial charge is 0.324 e. The lowest BCUT2D eigenvalue weighted by atomic mass is 10.3. The van der Waals surface area contributed by atoms with Gasteiger partial charge in [-0.2, -0.15) is 0 Å². The van der Waals surface area contributed by atoms with E-state index in [2.05, 4.69) is 19.9 Å². The Hall–Kier alpha value is -2.31. The average Bonchev–Trinajstić information content (AvgIpc) is 2.90. The highest BCUT2D eigenvalue weighted by atomic mass is 19.2. The van der Waals surface area contributed by atoms with Crippen LogP contribution in [0.2, 0.25) is 0 Å². The molecule has 0 aliphatic heterocycles. The van der Waals surface area contributed by atoms with Crippen LogP contribution in [0, 0.1) is 18.6 Å². The van der Waals surface area contributed by atoms with Gasteiger partial charge in [-0.25, -0.2) is 18.4 Å². The molecule has 2 aromatic heterocycles. The van der Waals surface area contributed by atoms with Gasteiger partial charge in [0.25, 0.3) is 0 Å². The molecular weight excluding hydrogens is 242 g/mol. The van der Waals surface area contributed by atoms with Gasteiger partial charge >= 0.3 is 0 Å². The third kappa shape index (κ3) is 1.64. The van der Waals surface area contributed by atoms with Gasteiger partial charge < -0.3 is 4.57 Å². The van der Waals surface area contributed by atoms with Crippen LogP contribution in [0.3, 0.4) is 0 Å². The number of aromatic nitrogens is 4. The molecule has 92 valence electrons. The Bertz CT molecular complexity index is 719. The van der Waals surface area contributed by atoms with E-state index in [9.17, 15) is 8.78 Å². The van der Waals surface area contributed by atoms with Crippen LogP contribution >= 0.6 is 0 Å². The van der Waals surface area contributed by atoms with Crippen molar-refractivity contribution >= 4 is 11.0 Å². The van der Waals surface area contributed by atoms with E-state index in [1.165, 1.54) is 6.33 Å². The number of halogens is 2. The summed E-state index contributed by atoms with van der Waals surface area (Å²) in [6.07, 6.45) is 1.50. The summed E-state index contributed by atoms with van der Waals surface area (Å²) in [6, 6.07) is 2.18. The summed E-state index contributed by atoms with van der Waals surface area (Å²) >= 11 is 0. The van der Waals surface area contributed by atoms with Crippen LogP contribution in [0.5, 0.6) is 0 Å². The SMILES string of the molecule is Cc1nonc1Cn1cnc2cc(F)c(F)cc21. The maximum atomic E-state index is 13.2. The van der Waals surface area contributed by atoms with Gasteiger partial charge in [0.1, 0.15) is 11.4 Å². The van der Waals surface area contributed by atoms with Crippen molar-refractivity contribution in [1.82, 2.24) is 19.9 Å². The van der Waals surface area contributed by atoms with Crippen LogP contribution in [0.1, 0.15) is 11.4 Å². The van der Waals surface area contributed by atoms with Crippen LogP contribution < -0.4 is 0 Å². The van der Waals surface area contributed by atoms with Gasteiger partial charge in [-0.1, -0.05) is 10.3 Å². The number of benzene rings is 1. The highest BCUT2D eigenvalue weighted by Gasteiger charge is 2.12. The fraction of sp³-hybridized carbons (Fsp3) is 0.182. The average molecular weight is 250 g/mol. The molecular formula is C11H8F2N4O. The van der Waals surface area contributed by atoms with Crippen molar-refractivity contribution < 1.29 is 13.4 Å². The van der Waals surface area contributed by atoms with E-state index >= 15 is 0 Å². The Balaban J connectivity index is 2.08. The smallest absolute Gasteiger partial charge is 0.161 e. The topological polar surface area (TPSA) is 56.7 Å². The maximum Gasteiger partial charge on any atom is 0.161 e. The molecule has 0 aliphatic rings. The number of fused-ring (bicyclic) bond motifs is 1. The monoisotopic (exact) mass is 250 g/mol. The van der Waals surface area contributed by atoms with Crippen LogP contribution in [-0.4, -0.2) is 19.9 Å². The first-order valence-electron chi connectivity index (χ1n) is 5.23. The number of aryl methyl sites for hydroxylation is 1. The zero-order chi connectivity index (χ0) is 12.7. The first-order valence-corrected chi connectivity index (χ1v) is 5.23. The van der Waals surface area contributed by atoms with E-state index in [1.54, 1.807) is 11.5 Å². The highest BCUT2D eigenvalue weighted by Crippen LogP contribution is 2.18. The van der Waals surface area contributed by atoms with E-state index < -0.39 is 11.6 Å². The molecule has 0 saturated heterocycles. The Morgan fingerprint density at radius 1 is 1.22 bits per heavy atom. The minimum absolute atomic E-state index is 0.344. The molecule has 0 aliphatic carbocycles. The third-order valence-electron chi connectivity index (χ3n) is 2.73. The van der Waals surface area contributed by atoms with Crippen LogP contribution in [0.25, 0.3) is 11.0 Å². The minimum Gasteiger partial charge on any atom is -0.324 e. The number of rotatable bonds is 2. The number of imidazole rings is 1. The van der Waals surface area contributed by atoms with Gasteiger partial charge in [0.2, 0.25) is 0 Å². The predicted octanol–water partition coefficient (Wildman–Crippen LogP) is 2.05. The van der Waals surface area contributed by atoms with E-state index in [0.29, 0.717) is 29.0 Å². The van der Waals surface area contributed by atoms with Gasteiger partial charge in [-0.3, -0.25) is 0 Å². The summed E-state index contributed by atoms with van der Waals surface area (Å²) in [5, 5.41) is 7.39. The molecule has 0 radical (unpaired) electrons. The fourth-order valence-electron chi connectivity index (χ4n) is 1.73. The molecule has 0 spiro atoms. The van der Waals surface area contributed by atoms with Crippen molar-refractivity contribution in [2.75, 3.05) is 0 Å². The zero-order valence-corrected chi connectivity index (χ0v) is 9.39. The molecule has 3 aromatic rings. The number of hydrogen-bond donors (Lipinski definition) is 0. The summed E-state index contributed by atoms with van der Waals surface area (Å²) < 4.78 is 32.5.